The molecule has 0 fully saturated rings. The van der Waals surface area contributed by atoms with Crippen LogP contribution in [0.4, 0.5) is 0 Å². The van der Waals surface area contributed by atoms with Crippen LogP contribution in [0.15, 0.2) is 48.6 Å². The first-order valence-electron chi connectivity index (χ1n) is 5.93. The van der Waals surface area contributed by atoms with E-state index in [2.05, 4.69) is 33.1 Å². The monoisotopic (exact) mass is 206 g/mol. The van der Waals surface area contributed by atoms with Crippen LogP contribution in [0.1, 0.15) is 47.0 Å². The second-order valence-electron chi connectivity index (χ2n) is 2.96. The van der Waals surface area contributed by atoms with Gasteiger partial charge in [-0.3, -0.25) is 0 Å². The van der Waals surface area contributed by atoms with Crippen molar-refractivity contribution < 1.29 is 0 Å². The maximum atomic E-state index is 3.82. The molecule has 0 aromatic heterocycles. The molecule has 0 nitrogen and oxygen atoms in total. The number of allylic oxidation sites excluding steroid dienone is 6. The van der Waals surface area contributed by atoms with Crippen LogP contribution in [0.25, 0.3) is 0 Å². The van der Waals surface area contributed by atoms with Gasteiger partial charge in [0, 0.05) is 0 Å². The van der Waals surface area contributed by atoms with Crippen LogP contribution >= 0.6 is 0 Å². The van der Waals surface area contributed by atoms with E-state index in [9.17, 15) is 0 Å². The molecule has 0 amide bonds. The second-order valence-corrected chi connectivity index (χ2v) is 2.96. The van der Waals surface area contributed by atoms with Crippen molar-refractivity contribution in [1.82, 2.24) is 0 Å². The minimum Gasteiger partial charge on any atom is -0.0991 e. The molecule has 0 saturated heterocycles. The lowest BCUT2D eigenvalue weighted by atomic mass is 10.0. The van der Waals surface area contributed by atoms with Gasteiger partial charge in [-0.15, -0.1) is 0 Å². The molecule has 0 bridgehead atoms. The molecular formula is C15H26. The minimum atomic E-state index is 1.11. The maximum Gasteiger partial charge on any atom is -0.0271 e. The van der Waals surface area contributed by atoms with Crippen molar-refractivity contribution in [3.8, 4) is 0 Å². The number of hydrogen-bond donors (Lipinski definition) is 0. The van der Waals surface area contributed by atoms with Crippen LogP contribution in [0.3, 0.4) is 0 Å². The molecule has 0 aliphatic heterocycles. The normalized spacial score (nSPS) is 11.5. The van der Waals surface area contributed by atoms with E-state index in [0.717, 1.165) is 6.42 Å². The predicted molar refractivity (Wildman–Crippen MR) is 73.1 cm³/mol. The Bertz CT molecular complexity index is 216. The molecule has 0 heterocycles. The standard InChI is InChI=1S/C13H20.C2H6/c1-5-9-11-13(8-4)12(7-3)10-6-2;1-2/h5,8-9,11H,1,4,6-7,10H2,2-3H3;1-2H3/b11-9-,13-12+;. The predicted octanol–water partition coefficient (Wildman–Crippen LogP) is 5.45. The Hall–Kier alpha value is -1.04. The van der Waals surface area contributed by atoms with Crippen LogP contribution < -0.4 is 0 Å². The zero-order valence-electron chi connectivity index (χ0n) is 10.8. The Labute approximate surface area is 96.1 Å². The summed E-state index contributed by atoms with van der Waals surface area (Å²) < 4.78 is 0. The second kappa shape index (κ2) is 13.0. The molecule has 0 N–H and O–H groups in total. The van der Waals surface area contributed by atoms with Gasteiger partial charge in [-0.25, -0.2) is 0 Å². The van der Waals surface area contributed by atoms with E-state index in [1.807, 2.05) is 26.0 Å². The first kappa shape index (κ1) is 16.4. The minimum absolute atomic E-state index is 1.11. The summed E-state index contributed by atoms with van der Waals surface area (Å²) in [6, 6.07) is 0. The molecule has 0 heteroatoms. The van der Waals surface area contributed by atoms with Gasteiger partial charge in [0.25, 0.3) is 0 Å². The van der Waals surface area contributed by atoms with Gasteiger partial charge in [0.05, 0.1) is 0 Å². The Balaban J connectivity index is 0. The molecule has 86 valence electrons. The number of hydrogen-bond acceptors (Lipinski definition) is 0. The third kappa shape index (κ3) is 7.99. The highest BCUT2D eigenvalue weighted by Crippen LogP contribution is 2.16. The molecule has 0 atom stereocenters. The Morgan fingerprint density at radius 2 is 1.73 bits per heavy atom. The summed E-state index contributed by atoms with van der Waals surface area (Å²) in [7, 11) is 0. The van der Waals surface area contributed by atoms with Crippen molar-refractivity contribution in [2.75, 3.05) is 0 Å². The highest BCUT2D eigenvalue weighted by atomic mass is 14.0. The summed E-state index contributed by atoms with van der Waals surface area (Å²) >= 11 is 0. The molecule has 0 spiro atoms. The van der Waals surface area contributed by atoms with Crippen molar-refractivity contribution in [3.63, 3.8) is 0 Å². The smallest absolute Gasteiger partial charge is 0.0271 e. The van der Waals surface area contributed by atoms with Gasteiger partial charge in [-0.2, -0.15) is 0 Å². The molecule has 15 heavy (non-hydrogen) atoms. The highest BCUT2D eigenvalue weighted by Gasteiger charge is 1.97. The zero-order valence-corrected chi connectivity index (χ0v) is 10.8. The third-order valence-electron chi connectivity index (χ3n) is 2.02. The fourth-order valence-corrected chi connectivity index (χ4v) is 1.33. The maximum absolute atomic E-state index is 3.82. The summed E-state index contributed by atoms with van der Waals surface area (Å²) in [5.74, 6) is 0. The summed E-state index contributed by atoms with van der Waals surface area (Å²) in [5, 5.41) is 0. The van der Waals surface area contributed by atoms with Gasteiger partial charge < -0.3 is 0 Å². The lowest BCUT2D eigenvalue weighted by molar-refractivity contribution is 0.852. The van der Waals surface area contributed by atoms with Crippen molar-refractivity contribution in [2.24, 2.45) is 0 Å². The Morgan fingerprint density at radius 1 is 1.13 bits per heavy atom. The molecule has 0 aromatic carbocycles. The fourth-order valence-electron chi connectivity index (χ4n) is 1.33. The van der Waals surface area contributed by atoms with Crippen molar-refractivity contribution in [2.45, 2.75) is 47.0 Å². The molecule has 0 unspecified atom stereocenters. The Kier molecular flexibility index (Phi) is 14.2. The lowest BCUT2D eigenvalue weighted by Crippen LogP contribution is -1.85. The fraction of sp³-hybridized carbons (Fsp3) is 0.467. The van der Waals surface area contributed by atoms with E-state index in [0.29, 0.717) is 0 Å². The van der Waals surface area contributed by atoms with Gasteiger partial charge in [-0.05, 0) is 18.4 Å². The molecule has 0 aliphatic carbocycles. The van der Waals surface area contributed by atoms with E-state index in [4.69, 9.17) is 0 Å². The van der Waals surface area contributed by atoms with Gasteiger partial charge in [0.1, 0.15) is 0 Å². The van der Waals surface area contributed by atoms with Crippen LogP contribution in [0, 0.1) is 0 Å². The van der Waals surface area contributed by atoms with Crippen LogP contribution in [-0.2, 0) is 0 Å². The average molecular weight is 206 g/mol. The van der Waals surface area contributed by atoms with E-state index in [1.165, 1.54) is 24.0 Å². The van der Waals surface area contributed by atoms with Crippen molar-refractivity contribution in [3.05, 3.63) is 48.6 Å². The van der Waals surface area contributed by atoms with Gasteiger partial charge >= 0.3 is 0 Å². The Morgan fingerprint density at radius 3 is 2.07 bits per heavy atom. The average Bonchev–Trinajstić information content (AvgIpc) is 2.31. The first-order valence-corrected chi connectivity index (χ1v) is 5.93. The molecule has 0 radical (unpaired) electrons. The quantitative estimate of drug-likeness (QED) is 0.507. The molecule has 0 rings (SSSR count). The van der Waals surface area contributed by atoms with E-state index < -0.39 is 0 Å². The van der Waals surface area contributed by atoms with Gasteiger partial charge in [0.15, 0.2) is 0 Å². The topological polar surface area (TPSA) is 0 Å². The highest BCUT2D eigenvalue weighted by molar-refractivity contribution is 5.35. The number of rotatable bonds is 6. The van der Waals surface area contributed by atoms with Crippen LogP contribution in [-0.4, -0.2) is 0 Å². The van der Waals surface area contributed by atoms with E-state index in [1.54, 1.807) is 6.08 Å². The van der Waals surface area contributed by atoms with Gasteiger partial charge in [-0.1, -0.05) is 77.2 Å². The summed E-state index contributed by atoms with van der Waals surface area (Å²) in [6.45, 7) is 15.9. The SMILES string of the molecule is C=C/C=C\C(C=C)=C(/CC)CCC.CC. The van der Waals surface area contributed by atoms with Crippen LogP contribution in [0.5, 0.6) is 0 Å². The lowest BCUT2D eigenvalue weighted by Gasteiger charge is -2.05. The molecular weight excluding hydrogens is 180 g/mol. The zero-order chi connectivity index (χ0) is 12.1. The van der Waals surface area contributed by atoms with Gasteiger partial charge in [0.2, 0.25) is 0 Å². The largest absolute Gasteiger partial charge is 0.0991 e. The van der Waals surface area contributed by atoms with E-state index >= 15 is 0 Å². The molecule has 0 saturated carbocycles. The third-order valence-corrected chi connectivity index (χ3v) is 2.02. The van der Waals surface area contributed by atoms with Crippen LogP contribution in [0.2, 0.25) is 0 Å². The molecule has 0 aliphatic rings. The van der Waals surface area contributed by atoms with Crippen molar-refractivity contribution >= 4 is 0 Å². The molecule has 0 aromatic rings. The summed E-state index contributed by atoms with van der Waals surface area (Å²) in [5.41, 5.74) is 2.74. The van der Waals surface area contributed by atoms with E-state index in [-0.39, 0.29) is 0 Å². The first-order chi connectivity index (χ1) is 7.29. The van der Waals surface area contributed by atoms with Crippen molar-refractivity contribution in [1.29, 1.82) is 0 Å². The summed E-state index contributed by atoms with van der Waals surface area (Å²) in [6.07, 6.45) is 11.2. The summed E-state index contributed by atoms with van der Waals surface area (Å²) in [4.78, 5) is 0.